The largest absolute Gasteiger partial charge is 0.355 e. The van der Waals surface area contributed by atoms with Gasteiger partial charge in [0.05, 0.1) is 5.41 Å². The zero-order chi connectivity index (χ0) is 15.2. The van der Waals surface area contributed by atoms with Gasteiger partial charge in [-0.2, -0.15) is 0 Å². The van der Waals surface area contributed by atoms with Crippen LogP contribution in [0.5, 0.6) is 0 Å². The first-order chi connectivity index (χ1) is 10.7. The van der Waals surface area contributed by atoms with Crippen molar-refractivity contribution in [1.82, 2.24) is 5.32 Å². The van der Waals surface area contributed by atoms with E-state index >= 15 is 0 Å². The van der Waals surface area contributed by atoms with E-state index in [0.29, 0.717) is 0 Å². The molecule has 2 atom stereocenters. The van der Waals surface area contributed by atoms with Crippen LogP contribution in [0.15, 0.2) is 48.1 Å². The van der Waals surface area contributed by atoms with Crippen molar-refractivity contribution < 1.29 is 9.59 Å². The minimum absolute atomic E-state index is 0.113. The third-order valence-corrected chi connectivity index (χ3v) is 5.39. The van der Waals surface area contributed by atoms with Crippen LogP contribution in [0.25, 0.3) is 5.57 Å². The number of benzene rings is 1. The third kappa shape index (κ3) is 1.81. The molecule has 1 aromatic rings. The molecular weight excluding hydrogens is 274 g/mol. The molecule has 0 bridgehead atoms. The predicted octanol–water partition coefficient (Wildman–Crippen LogP) is 2.89. The van der Waals surface area contributed by atoms with Gasteiger partial charge in [0.15, 0.2) is 5.78 Å². The Morgan fingerprint density at radius 1 is 1.05 bits per heavy atom. The van der Waals surface area contributed by atoms with Crippen molar-refractivity contribution in [3.8, 4) is 0 Å². The summed E-state index contributed by atoms with van der Waals surface area (Å²) in [5.74, 6) is 0.188. The molecule has 4 rings (SSSR count). The summed E-state index contributed by atoms with van der Waals surface area (Å²) >= 11 is 0. The van der Waals surface area contributed by atoms with Gasteiger partial charge in [-0.3, -0.25) is 9.59 Å². The summed E-state index contributed by atoms with van der Waals surface area (Å²) in [6.45, 7) is 0.729. The number of allylic oxidation sites excluding steroid dienone is 3. The Morgan fingerprint density at radius 3 is 2.59 bits per heavy atom. The zero-order valence-electron chi connectivity index (χ0n) is 12.5. The smallest absolute Gasteiger partial charge is 0.230 e. The molecule has 1 saturated carbocycles. The summed E-state index contributed by atoms with van der Waals surface area (Å²) in [5, 5.41) is 2.96. The fourth-order valence-corrected chi connectivity index (χ4v) is 4.27. The van der Waals surface area contributed by atoms with Crippen LogP contribution in [0, 0.1) is 11.3 Å². The SMILES string of the molecule is O=C1C(c2ccccc2)=CC=C2C1CCCC21CCNC1=O. The van der Waals surface area contributed by atoms with E-state index in [-0.39, 0.29) is 17.6 Å². The lowest BCUT2D eigenvalue weighted by Gasteiger charge is -2.40. The van der Waals surface area contributed by atoms with Crippen LogP contribution >= 0.6 is 0 Å². The van der Waals surface area contributed by atoms with Gasteiger partial charge in [-0.1, -0.05) is 48.9 Å². The molecule has 3 heteroatoms. The average Bonchev–Trinajstić information content (AvgIpc) is 2.91. The molecule has 2 fully saturated rings. The van der Waals surface area contributed by atoms with Gasteiger partial charge in [0, 0.05) is 18.0 Å². The van der Waals surface area contributed by atoms with Crippen LogP contribution in [-0.4, -0.2) is 18.2 Å². The fourth-order valence-electron chi connectivity index (χ4n) is 4.27. The second-order valence-corrected chi connectivity index (χ2v) is 6.47. The standard InChI is InChI=1S/C19H19NO2/c21-17-14(13-5-2-1-3-6-13)8-9-16-15(17)7-4-10-19(16)11-12-20-18(19)22/h1-3,5-6,8-9,15H,4,7,10-12H2,(H,20,22). The van der Waals surface area contributed by atoms with Crippen molar-refractivity contribution in [3.63, 3.8) is 0 Å². The highest BCUT2D eigenvalue weighted by atomic mass is 16.2. The molecular formula is C19H19NO2. The lowest BCUT2D eigenvalue weighted by Crippen LogP contribution is -2.41. The topological polar surface area (TPSA) is 46.2 Å². The molecule has 1 amide bonds. The highest BCUT2D eigenvalue weighted by molar-refractivity contribution is 6.24. The second kappa shape index (κ2) is 4.94. The Morgan fingerprint density at radius 2 is 1.86 bits per heavy atom. The highest BCUT2D eigenvalue weighted by Crippen LogP contribution is 2.51. The van der Waals surface area contributed by atoms with Crippen LogP contribution in [0.1, 0.15) is 31.2 Å². The Bertz CT molecular complexity index is 701. The molecule has 112 valence electrons. The van der Waals surface area contributed by atoms with Crippen LogP contribution in [0.2, 0.25) is 0 Å². The Labute approximate surface area is 130 Å². The molecule has 1 spiro atoms. The first-order valence-corrected chi connectivity index (χ1v) is 8.03. The number of hydrogen-bond acceptors (Lipinski definition) is 2. The molecule has 0 radical (unpaired) electrons. The molecule has 22 heavy (non-hydrogen) atoms. The van der Waals surface area contributed by atoms with Gasteiger partial charge >= 0.3 is 0 Å². The van der Waals surface area contributed by atoms with Crippen LogP contribution < -0.4 is 5.32 Å². The average molecular weight is 293 g/mol. The number of rotatable bonds is 1. The van der Waals surface area contributed by atoms with Gasteiger partial charge in [-0.15, -0.1) is 0 Å². The molecule has 3 aliphatic rings. The molecule has 1 saturated heterocycles. The Kier molecular flexibility index (Phi) is 3.03. The number of nitrogens with one attached hydrogen (secondary N) is 1. The molecule has 2 unspecified atom stereocenters. The minimum Gasteiger partial charge on any atom is -0.355 e. The van der Waals surface area contributed by atoms with E-state index in [4.69, 9.17) is 0 Å². The van der Waals surface area contributed by atoms with E-state index in [1.807, 2.05) is 36.4 Å². The number of Topliss-reactive ketones (excluding diaryl/α,β-unsaturated/α-hetero) is 1. The molecule has 0 aromatic heterocycles. The molecule has 1 heterocycles. The number of amides is 1. The van der Waals surface area contributed by atoms with Gasteiger partial charge in [0.1, 0.15) is 0 Å². The highest BCUT2D eigenvalue weighted by Gasteiger charge is 2.51. The van der Waals surface area contributed by atoms with Crippen molar-refractivity contribution in [2.24, 2.45) is 11.3 Å². The summed E-state index contributed by atoms with van der Waals surface area (Å²) in [7, 11) is 0. The minimum atomic E-state index is -0.419. The van der Waals surface area contributed by atoms with E-state index < -0.39 is 5.41 Å². The zero-order valence-corrected chi connectivity index (χ0v) is 12.5. The monoisotopic (exact) mass is 293 g/mol. The maximum Gasteiger partial charge on any atom is 0.230 e. The summed E-state index contributed by atoms with van der Waals surface area (Å²) in [6.07, 6.45) is 7.49. The summed E-state index contributed by atoms with van der Waals surface area (Å²) in [5.41, 5.74) is 2.39. The van der Waals surface area contributed by atoms with Crippen molar-refractivity contribution in [2.45, 2.75) is 25.7 Å². The van der Waals surface area contributed by atoms with E-state index in [1.54, 1.807) is 0 Å². The fraction of sp³-hybridized carbons (Fsp3) is 0.368. The maximum atomic E-state index is 13.0. The quantitative estimate of drug-likeness (QED) is 0.865. The summed E-state index contributed by atoms with van der Waals surface area (Å²) < 4.78 is 0. The first kappa shape index (κ1) is 13.5. The van der Waals surface area contributed by atoms with Crippen molar-refractivity contribution in [3.05, 3.63) is 53.6 Å². The predicted molar refractivity (Wildman–Crippen MR) is 84.9 cm³/mol. The van der Waals surface area contributed by atoms with E-state index in [2.05, 4.69) is 11.4 Å². The van der Waals surface area contributed by atoms with Crippen LogP contribution in [-0.2, 0) is 9.59 Å². The molecule has 2 aliphatic carbocycles. The second-order valence-electron chi connectivity index (χ2n) is 6.47. The normalized spacial score (nSPS) is 30.6. The van der Waals surface area contributed by atoms with Gasteiger partial charge in [-0.05, 0) is 30.4 Å². The van der Waals surface area contributed by atoms with Gasteiger partial charge in [-0.25, -0.2) is 0 Å². The number of carbonyl (C=O) groups excluding carboxylic acids is 2. The summed E-state index contributed by atoms with van der Waals surface area (Å²) in [4.78, 5) is 25.3. The lowest BCUT2D eigenvalue weighted by molar-refractivity contribution is -0.127. The van der Waals surface area contributed by atoms with Gasteiger partial charge in [0.25, 0.3) is 0 Å². The Balaban J connectivity index is 1.79. The number of carbonyl (C=O) groups is 2. The van der Waals surface area contributed by atoms with Crippen molar-refractivity contribution in [2.75, 3.05) is 6.54 Å². The van der Waals surface area contributed by atoms with E-state index in [1.165, 1.54) is 0 Å². The molecule has 1 aromatic carbocycles. The number of ketones is 1. The van der Waals surface area contributed by atoms with Gasteiger partial charge in [0.2, 0.25) is 5.91 Å². The summed E-state index contributed by atoms with van der Waals surface area (Å²) in [6, 6.07) is 9.81. The molecule has 3 nitrogen and oxygen atoms in total. The van der Waals surface area contributed by atoms with E-state index in [0.717, 1.165) is 48.9 Å². The van der Waals surface area contributed by atoms with Crippen molar-refractivity contribution in [1.29, 1.82) is 0 Å². The molecule has 1 N–H and O–H groups in total. The van der Waals surface area contributed by atoms with Crippen LogP contribution in [0.3, 0.4) is 0 Å². The lowest BCUT2D eigenvalue weighted by atomic mass is 9.61. The molecule has 1 aliphatic heterocycles. The number of hydrogen-bond donors (Lipinski definition) is 1. The van der Waals surface area contributed by atoms with Crippen LogP contribution in [0.4, 0.5) is 0 Å². The number of fused-ring (bicyclic) bond motifs is 2. The van der Waals surface area contributed by atoms with Gasteiger partial charge < -0.3 is 5.32 Å². The Hall–Kier alpha value is -2.16. The third-order valence-electron chi connectivity index (χ3n) is 5.39. The first-order valence-electron chi connectivity index (χ1n) is 8.03. The maximum absolute atomic E-state index is 13.0. The van der Waals surface area contributed by atoms with E-state index in [9.17, 15) is 9.59 Å². The van der Waals surface area contributed by atoms with Crippen molar-refractivity contribution >= 4 is 17.3 Å².